The lowest BCUT2D eigenvalue weighted by molar-refractivity contribution is -0.303. The summed E-state index contributed by atoms with van der Waals surface area (Å²) >= 11 is 0. The summed E-state index contributed by atoms with van der Waals surface area (Å²) in [5.41, 5.74) is 0. The fraction of sp³-hybridized carbons (Fsp3) is 0.901. The first-order valence-electron chi connectivity index (χ1n) is 35.4. The number of unbranched alkanes of at least 4 members (excludes halogenated alkanes) is 44. The first-order valence-corrected chi connectivity index (χ1v) is 35.4. The molecule has 1 fully saturated rings. The zero-order valence-corrected chi connectivity index (χ0v) is 53.5. The van der Waals surface area contributed by atoms with Crippen LogP contribution >= 0.6 is 0 Å². The van der Waals surface area contributed by atoms with Crippen molar-refractivity contribution in [1.29, 1.82) is 0 Å². The van der Waals surface area contributed by atoms with Crippen molar-refractivity contribution in [2.45, 2.75) is 396 Å². The number of aliphatic hydroxyl groups excluding tert-OH is 7. The van der Waals surface area contributed by atoms with Crippen LogP contribution in [0.2, 0.25) is 0 Å². The van der Waals surface area contributed by atoms with Crippen LogP contribution in [0.15, 0.2) is 36.5 Å². The number of hydrogen-bond acceptors (Lipinski definition) is 10. The number of nitrogens with one attached hydrogen (secondary N) is 1. The summed E-state index contributed by atoms with van der Waals surface area (Å²) in [5.74, 6) is -0.703. The van der Waals surface area contributed by atoms with E-state index in [4.69, 9.17) is 9.47 Å². The molecule has 11 nitrogen and oxygen atoms in total. The summed E-state index contributed by atoms with van der Waals surface area (Å²) in [4.78, 5) is 13.2. The van der Waals surface area contributed by atoms with Gasteiger partial charge in [0.25, 0.3) is 0 Å². The van der Waals surface area contributed by atoms with Gasteiger partial charge in [-0.15, -0.1) is 0 Å². The number of carbonyl (C=O) groups excluding carboxylic acids is 1. The molecule has 1 aliphatic rings. The van der Waals surface area contributed by atoms with Crippen LogP contribution in [-0.4, -0.2) is 110 Å². The second-order valence-electron chi connectivity index (χ2n) is 25.0. The topological polar surface area (TPSA) is 189 Å². The molecule has 9 atom stereocenters. The highest BCUT2D eigenvalue weighted by Gasteiger charge is 2.44. The van der Waals surface area contributed by atoms with Gasteiger partial charge >= 0.3 is 0 Å². The van der Waals surface area contributed by atoms with E-state index < -0.39 is 74.2 Å². The average Bonchev–Trinajstić information content (AvgIpc) is 3.48. The molecular weight excluding hydrogens is 1030 g/mol. The first kappa shape index (κ1) is 78.3. The number of allylic oxidation sites excluding steroid dienone is 6. The number of rotatable bonds is 62. The Morgan fingerprint density at radius 3 is 1.12 bits per heavy atom. The van der Waals surface area contributed by atoms with E-state index in [9.17, 15) is 40.5 Å². The van der Waals surface area contributed by atoms with Crippen molar-refractivity contribution in [3.05, 3.63) is 36.5 Å². The summed E-state index contributed by atoms with van der Waals surface area (Å²) in [6.45, 7) is 3.49. The van der Waals surface area contributed by atoms with E-state index in [0.29, 0.717) is 12.8 Å². The van der Waals surface area contributed by atoms with E-state index in [2.05, 4.69) is 55.6 Å². The molecule has 484 valence electrons. The summed E-state index contributed by atoms with van der Waals surface area (Å²) in [6, 6.07) is -1.19. The molecule has 1 rings (SSSR count). The van der Waals surface area contributed by atoms with Gasteiger partial charge in [-0.25, -0.2) is 0 Å². The van der Waals surface area contributed by atoms with Crippen LogP contribution in [0, 0.1) is 0 Å². The number of amides is 1. The monoisotopic (exact) mass is 1160 g/mol. The van der Waals surface area contributed by atoms with Crippen LogP contribution in [0.25, 0.3) is 0 Å². The van der Waals surface area contributed by atoms with Gasteiger partial charge in [0.2, 0.25) is 5.91 Å². The molecule has 1 saturated heterocycles. The standard InChI is InChI=1S/C71H135NO10/c1-3-5-7-9-11-13-15-17-19-21-23-25-27-29-31-33-35-37-39-41-43-45-47-49-51-53-55-57-59-64(75)70(80)72-62(61-81-71-69(79)68(78)67(77)65(60-73)82-71)66(76)63(74)58-56-54-52-50-48-46-44-42-40-38-36-34-32-30-28-26-24-22-20-18-16-14-12-10-8-6-4-2/h23,25,29,31,50,52,62-69,71,73-79H,3-22,24,26-28,30,32-49,51,53-61H2,1-2H3,(H,72,80)/b25-23-,31-29-,52-50+. The van der Waals surface area contributed by atoms with Crippen LogP contribution in [0.1, 0.15) is 341 Å². The average molecular weight is 1160 g/mol. The van der Waals surface area contributed by atoms with E-state index in [1.165, 1.54) is 257 Å². The molecule has 1 amide bonds. The van der Waals surface area contributed by atoms with Gasteiger partial charge in [0.1, 0.15) is 36.6 Å². The minimum atomic E-state index is -1.67. The molecule has 11 heteroatoms. The summed E-state index contributed by atoms with van der Waals surface area (Å²) in [7, 11) is 0. The van der Waals surface area contributed by atoms with Crippen LogP contribution in [0.4, 0.5) is 0 Å². The molecule has 1 aliphatic heterocycles. The van der Waals surface area contributed by atoms with Crippen molar-refractivity contribution in [3.8, 4) is 0 Å². The molecule has 0 aromatic heterocycles. The SMILES string of the molecule is CCCCCCCCCCC/C=C\C/C=C\CCCCCCCCCCCCCCC(O)C(=O)NC(COC1OC(CO)C(O)C(O)C1O)C(O)C(O)CCC/C=C/CCCCCCCCCCCCCCCCCCCCCCCC. The van der Waals surface area contributed by atoms with E-state index in [1.54, 1.807) is 0 Å². The maximum absolute atomic E-state index is 13.2. The Hall–Kier alpha value is -1.67. The number of hydrogen-bond donors (Lipinski definition) is 8. The third-order valence-corrected chi connectivity index (χ3v) is 17.2. The van der Waals surface area contributed by atoms with Crippen LogP contribution in [0.5, 0.6) is 0 Å². The van der Waals surface area contributed by atoms with Crippen molar-refractivity contribution in [2.24, 2.45) is 0 Å². The Morgan fingerprint density at radius 1 is 0.427 bits per heavy atom. The molecular formula is C71H135NO10. The first-order chi connectivity index (χ1) is 40.2. The molecule has 0 bridgehead atoms. The molecule has 0 aromatic rings. The smallest absolute Gasteiger partial charge is 0.249 e. The van der Waals surface area contributed by atoms with Crippen molar-refractivity contribution in [3.63, 3.8) is 0 Å². The highest BCUT2D eigenvalue weighted by molar-refractivity contribution is 5.80. The van der Waals surface area contributed by atoms with Crippen molar-refractivity contribution in [1.82, 2.24) is 5.32 Å². The van der Waals surface area contributed by atoms with Crippen LogP contribution in [-0.2, 0) is 14.3 Å². The van der Waals surface area contributed by atoms with Gasteiger partial charge < -0.3 is 50.5 Å². The fourth-order valence-electron chi connectivity index (χ4n) is 11.5. The zero-order valence-electron chi connectivity index (χ0n) is 53.5. The molecule has 0 aliphatic carbocycles. The molecule has 0 saturated carbocycles. The highest BCUT2D eigenvalue weighted by atomic mass is 16.7. The van der Waals surface area contributed by atoms with Crippen LogP contribution in [0.3, 0.4) is 0 Å². The zero-order chi connectivity index (χ0) is 59.6. The second kappa shape index (κ2) is 59.7. The summed E-state index contributed by atoms with van der Waals surface area (Å²) in [5, 5.41) is 76.5. The minimum absolute atomic E-state index is 0.253. The Balaban J connectivity index is 2.22. The quantitative estimate of drug-likeness (QED) is 0.0215. The molecule has 1 heterocycles. The van der Waals surface area contributed by atoms with Gasteiger partial charge in [-0.2, -0.15) is 0 Å². The maximum Gasteiger partial charge on any atom is 0.249 e. The molecule has 8 N–H and O–H groups in total. The normalized spacial score (nSPS) is 19.3. The maximum atomic E-state index is 13.2. The molecule has 0 radical (unpaired) electrons. The molecule has 82 heavy (non-hydrogen) atoms. The van der Waals surface area contributed by atoms with E-state index in [1.807, 2.05) is 0 Å². The summed E-state index contributed by atoms with van der Waals surface area (Å²) < 4.78 is 11.2. The highest BCUT2D eigenvalue weighted by Crippen LogP contribution is 2.24. The van der Waals surface area contributed by atoms with E-state index >= 15 is 0 Å². The largest absolute Gasteiger partial charge is 0.394 e. The van der Waals surface area contributed by atoms with Gasteiger partial charge in [0.15, 0.2) is 6.29 Å². The van der Waals surface area contributed by atoms with Crippen molar-refractivity contribution in [2.75, 3.05) is 13.2 Å². The van der Waals surface area contributed by atoms with E-state index in [-0.39, 0.29) is 12.8 Å². The molecule has 9 unspecified atom stereocenters. The minimum Gasteiger partial charge on any atom is -0.394 e. The molecule has 0 aromatic carbocycles. The lowest BCUT2D eigenvalue weighted by atomic mass is 9.98. The third kappa shape index (κ3) is 46.5. The summed E-state index contributed by atoms with van der Waals surface area (Å²) in [6.07, 6.45) is 65.1. The second-order valence-corrected chi connectivity index (χ2v) is 25.0. The van der Waals surface area contributed by atoms with Gasteiger partial charge in [0.05, 0.1) is 25.4 Å². The van der Waals surface area contributed by atoms with Gasteiger partial charge in [-0.3, -0.25) is 4.79 Å². The van der Waals surface area contributed by atoms with Gasteiger partial charge in [-0.1, -0.05) is 307 Å². The van der Waals surface area contributed by atoms with Crippen molar-refractivity contribution >= 4 is 5.91 Å². The third-order valence-electron chi connectivity index (χ3n) is 17.2. The number of carbonyl (C=O) groups is 1. The predicted molar refractivity (Wildman–Crippen MR) is 344 cm³/mol. The number of aliphatic hydroxyl groups is 7. The van der Waals surface area contributed by atoms with Crippen LogP contribution < -0.4 is 5.32 Å². The molecule has 0 spiro atoms. The predicted octanol–water partition coefficient (Wildman–Crippen LogP) is 17.0. The Morgan fingerprint density at radius 2 is 0.756 bits per heavy atom. The van der Waals surface area contributed by atoms with Gasteiger partial charge in [0, 0.05) is 0 Å². The van der Waals surface area contributed by atoms with Crippen molar-refractivity contribution < 1.29 is 50.0 Å². The lowest BCUT2D eigenvalue weighted by Crippen LogP contribution is -2.60. The Bertz CT molecular complexity index is 1430. The van der Waals surface area contributed by atoms with E-state index in [0.717, 1.165) is 44.9 Å². The van der Waals surface area contributed by atoms with Gasteiger partial charge in [-0.05, 0) is 70.6 Å². The Kier molecular flexibility index (Phi) is 57.0. The number of ether oxygens (including phenoxy) is 2. The fourth-order valence-corrected chi connectivity index (χ4v) is 11.5. The lowest BCUT2D eigenvalue weighted by Gasteiger charge is -2.40. The Labute approximate surface area is 505 Å².